The molecule has 4 heteroatoms. The summed E-state index contributed by atoms with van der Waals surface area (Å²) >= 11 is 4.23. The van der Waals surface area contributed by atoms with Crippen molar-refractivity contribution in [3.63, 3.8) is 0 Å². The van der Waals surface area contributed by atoms with Crippen molar-refractivity contribution in [1.82, 2.24) is 0 Å². The van der Waals surface area contributed by atoms with Gasteiger partial charge in [-0.3, -0.25) is 0 Å². The topological polar surface area (TPSA) is 34.1 Å². The number of hydrogen-bond donors (Lipinski definition) is 1. The molecule has 0 aliphatic rings. The number of sulfone groups is 1. The molecular formula is C17H20O2S2. The fourth-order valence-corrected chi connectivity index (χ4v) is 4.24. The second-order valence-corrected chi connectivity index (χ2v) is 8.28. The zero-order valence-corrected chi connectivity index (χ0v) is 14.0. The van der Waals surface area contributed by atoms with Crippen molar-refractivity contribution in [2.75, 3.05) is 11.5 Å². The second-order valence-electron chi connectivity index (χ2n) is 5.97. The van der Waals surface area contributed by atoms with Crippen LogP contribution in [0.3, 0.4) is 0 Å². The first kappa shape index (κ1) is 16.1. The van der Waals surface area contributed by atoms with Crippen LogP contribution < -0.4 is 0 Å². The molecule has 0 atom stereocenters. The van der Waals surface area contributed by atoms with Gasteiger partial charge in [-0.25, -0.2) is 8.42 Å². The summed E-state index contributed by atoms with van der Waals surface area (Å²) in [5, 5.41) is 0. The standard InChI is InChI=1S/C17H20O2S2/c1-17(2,12-20)13-21(18,19)16-10-8-15(9-11-16)14-6-4-3-5-7-14/h3-11,20H,12-13H2,1-2H3. The van der Waals surface area contributed by atoms with Crippen LogP contribution in [-0.4, -0.2) is 19.9 Å². The molecule has 2 nitrogen and oxygen atoms in total. The Morgan fingerprint density at radius 1 is 0.905 bits per heavy atom. The Morgan fingerprint density at radius 3 is 1.95 bits per heavy atom. The molecule has 0 aliphatic heterocycles. The minimum atomic E-state index is -3.28. The highest BCUT2D eigenvalue weighted by Crippen LogP contribution is 2.26. The van der Waals surface area contributed by atoms with Gasteiger partial charge in [-0.15, -0.1) is 0 Å². The van der Waals surface area contributed by atoms with E-state index >= 15 is 0 Å². The lowest BCUT2D eigenvalue weighted by Gasteiger charge is -2.21. The van der Waals surface area contributed by atoms with E-state index in [-0.39, 0.29) is 11.2 Å². The summed E-state index contributed by atoms with van der Waals surface area (Å²) in [6, 6.07) is 17.0. The molecule has 0 unspecified atom stereocenters. The van der Waals surface area contributed by atoms with Crippen LogP contribution in [-0.2, 0) is 9.84 Å². The molecule has 0 bridgehead atoms. The van der Waals surface area contributed by atoms with E-state index < -0.39 is 9.84 Å². The van der Waals surface area contributed by atoms with Gasteiger partial charge in [0.25, 0.3) is 0 Å². The Morgan fingerprint density at radius 2 is 1.43 bits per heavy atom. The Hall–Kier alpha value is -1.26. The summed E-state index contributed by atoms with van der Waals surface area (Å²) in [6.45, 7) is 3.83. The minimum Gasteiger partial charge on any atom is -0.224 e. The molecule has 0 fully saturated rings. The molecule has 0 N–H and O–H groups in total. The molecule has 0 heterocycles. The van der Waals surface area contributed by atoms with E-state index in [0.717, 1.165) is 11.1 Å². The van der Waals surface area contributed by atoms with Gasteiger partial charge < -0.3 is 0 Å². The van der Waals surface area contributed by atoms with Crippen molar-refractivity contribution < 1.29 is 8.42 Å². The summed E-state index contributed by atoms with van der Waals surface area (Å²) in [6.07, 6.45) is 0. The molecule has 0 saturated heterocycles. The van der Waals surface area contributed by atoms with Gasteiger partial charge in [-0.2, -0.15) is 12.6 Å². The minimum absolute atomic E-state index is 0.105. The summed E-state index contributed by atoms with van der Waals surface area (Å²) in [5.74, 6) is 0.641. The van der Waals surface area contributed by atoms with Crippen LogP contribution in [0.5, 0.6) is 0 Å². The first-order valence-electron chi connectivity index (χ1n) is 6.83. The van der Waals surface area contributed by atoms with Crippen molar-refractivity contribution in [3.05, 3.63) is 54.6 Å². The molecule has 0 saturated carbocycles. The largest absolute Gasteiger partial charge is 0.224 e. The van der Waals surface area contributed by atoms with E-state index in [1.54, 1.807) is 12.1 Å². The highest BCUT2D eigenvalue weighted by atomic mass is 32.2. The molecule has 2 rings (SSSR count). The number of rotatable bonds is 5. The summed E-state index contributed by atoms with van der Waals surface area (Å²) < 4.78 is 24.8. The van der Waals surface area contributed by atoms with Gasteiger partial charge >= 0.3 is 0 Å². The highest BCUT2D eigenvalue weighted by Gasteiger charge is 2.26. The van der Waals surface area contributed by atoms with Crippen LogP contribution in [0.2, 0.25) is 0 Å². The third-order valence-electron chi connectivity index (χ3n) is 3.33. The summed E-state index contributed by atoms with van der Waals surface area (Å²) in [7, 11) is -3.28. The smallest absolute Gasteiger partial charge is 0.178 e. The van der Waals surface area contributed by atoms with E-state index in [1.807, 2.05) is 56.3 Å². The van der Waals surface area contributed by atoms with Gasteiger partial charge in [0, 0.05) is 0 Å². The van der Waals surface area contributed by atoms with E-state index in [9.17, 15) is 8.42 Å². The highest BCUT2D eigenvalue weighted by molar-refractivity contribution is 7.91. The number of hydrogen-bond acceptors (Lipinski definition) is 3. The monoisotopic (exact) mass is 320 g/mol. The van der Waals surface area contributed by atoms with Crippen LogP contribution in [0.1, 0.15) is 13.8 Å². The molecule has 0 radical (unpaired) electrons. The van der Waals surface area contributed by atoms with Crippen LogP contribution in [0.4, 0.5) is 0 Å². The van der Waals surface area contributed by atoms with Gasteiger partial charge in [0.05, 0.1) is 10.6 Å². The molecule has 2 aromatic rings. The maximum absolute atomic E-state index is 12.4. The van der Waals surface area contributed by atoms with Crippen molar-refractivity contribution >= 4 is 22.5 Å². The van der Waals surface area contributed by atoms with Gasteiger partial charge in [0.2, 0.25) is 0 Å². The number of benzene rings is 2. The lowest BCUT2D eigenvalue weighted by Crippen LogP contribution is -2.25. The van der Waals surface area contributed by atoms with Crippen molar-refractivity contribution in [2.45, 2.75) is 18.7 Å². The first-order valence-corrected chi connectivity index (χ1v) is 9.12. The van der Waals surface area contributed by atoms with E-state index in [2.05, 4.69) is 12.6 Å². The van der Waals surface area contributed by atoms with Crippen molar-refractivity contribution in [3.8, 4) is 11.1 Å². The predicted molar refractivity (Wildman–Crippen MR) is 91.6 cm³/mol. The van der Waals surface area contributed by atoms with Crippen LogP contribution in [0.15, 0.2) is 59.5 Å². The van der Waals surface area contributed by atoms with Gasteiger partial charge in [-0.1, -0.05) is 56.3 Å². The van der Waals surface area contributed by atoms with E-state index in [1.165, 1.54) is 0 Å². The van der Waals surface area contributed by atoms with Crippen molar-refractivity contribution in [2.24, 2.45) is 5.41 Å². The lowest BCUT2D eigenvalue weighted by molar-refractivity contribution is 0.472. The Balaban J connectivity index is 2.27. The third kappa shape index (κ3) is 4.11. The summed E-state index contributed by atoms with van der Waals surface area (Å²) in [5.41, 5.74) is 1.76. The second kappa shape index (κ2) is 6.24. The van der Waals surface area contributed by atoms with E-state index in [4.69, 9.17) is 0 Å². The molecule has 2 aromatic carbocycles. The lowest BCUT2D eigenvalue weighted by atomic mass is 10.0. The molecule has 0 aliphatic carbocycles. The average molecular weight is 320 g/mol. The molecular weight excluding hydrogens is 300 g/mol. The zero-order valence-electron chi connectivity index (χ0n) is 12.3. The quantitative estimate of drug-likeness (QED) is 0.842. The Bertz CT molecular complexity index is 687. The first-order chi connectivity index (χ1) is 9.84. The SMILES string of the molecule is CC(C)(CS)CS(=O)(=O)c1ccc(-c2ccccc2)cc1. The fraction of sp³-hybridized carbons (Fsp3) is 0.294. The molecule has 0 amide bonds. The van der Waals surface area contributed by atoms with Crippen LogP contribution in [0.25, 0.3) is 11.1 Å². The summed E-state index contributed by atoms with van der Waals surface area (Å²) in [4.78, 5) is 0.372. The Kier molecular flexibility index (Phi) is 4.79. The van der Waals surface area contributed by atoms with Gasteiger partial charge in [-0.05, 0) is 34.4 Å². The third-order valence-corrected chi connectivity index (χ3v) is 6.34. The van der Waals surface area contributed by atoms with E-state index in [0.29, 0.717) is 10.6 Å². The fourth-order valence-electron chi connectivity index (χ4n) is 2.13. The van der Waals surface area contributed by atoms with Crippen LogP contribution >= 0.6 is 12.6 Å². The zero-order chi connectivity index (χ0) is 15.5. The van der Waals surface area contributed by atoms with Gasteiger partial charge in [0.15, 0.2) is 9.84 Å². The van der Waals surface area contributed by atoms with Gasteiger partial charge in [0.1, 0.15) is 0 Å². The molecule has 0 aromatic heterocycles. The maximum Gasteiger partial charge on any atom is 0.178 e. The average Bonchev–Trinajstić information content (AvgIpc) is 2.47. The maximum atomic E-state index is 12.4. The Labute approximate surface area is 132 Å². The molecule has 0 spiro atoms. The predicted octanol–water partition coefficient (Wildman–Crippen LogP) is 4.08. The van der Waals surface area contributed by atoms with Crippen molar-refractivity contribution in [1.29, 1.82) is 0 Å². The molecule has 21 heavy (non-hydrogen) atoms. The molecule has 112 valence electrons. The number of thiol groups is 1. The van der Waals surface area contributed by atoms with Crippen LogP contribution in [0, 0.1) is 5.41 Å². The normalized spacial score (nSPS) is 12.3.